The lowest BCUT2D eigenvalue weighted by Crippen LogP contribution is -2.40. The van der Waals surface area contributed by atoms with E-state index >= 15 is 0 Å². The molecule has 2 fully saturated rings. The fraction of sp³-hybridized carbons (Fsp3) is 0.750. The van der Waals surface area contributed by atoms with Crippen molar-refractivity contribution in [3.63, 3.8) is 0 Å². The molecular formula is C16H25N9O2. The van der Waals surface area contributed by atoms with Crippen LogP contribution in [0.4, 0.5) is 11.9 Å². The first-order valence-electron chi connectivity index (χ1n) is 9.53. The largest absolute Gasteiger partial charge is 0.378 e. The number of tetrazole rings is 1. The quantitative estimate of drug-likeness (QED) is 0.684. The molecule has 0 atom stereocenters. The third kappa shape index (κ3) is 4.30. The van der Waals surface area contributed by atoms with Crippen molar-refractivity contribution in [2.45, 2.75) is 26.3 Å². The van der Waals surface area contributed by atoms with Crippen LogP contribution >= 0.6 is 0 Å². The van der Waals surface area contributed by atoms with E-state index in [1.807, 2.05) is 0 Å². The normalized spacial score (nSPS) is 18.1. The van der Waals surface area contributed by atoms with Gasteiger partial charge in [0.05, 0.1) is 33.0 Å². The third-order valence-corrected chi connectivity index (χ3v) is 4.56. The molecule has 11 nitrogen and oxygen atoms in total. The predicted molar refractivity (Wildman–Crippen MR) is 97.6 cm³/mol. The fourth-order valence-electron chi connectivity index (χ4n) is 2.99. The number of morpholine rings is 2. The number of aromatic nitrogens is 7. The molecule has 146 valence electrons. The summed E-state index contributed by atoms with van der Waals surface area (Å²) in [5, 5.41) is 12.7. The van der Waals surface area contributed by atoms with Crippen molar-refractivity contribution in [1.29, 1.82) is 0 Å². The van der Waals surface area contributed by atoms with Gasteiger partial charge in [-0.2, -0.15) is 19.7 Å². The van der Waals surface area contributed by atoms with Gasteiger partial charge >= 0.3 is 0 Å². The predicted octanol–water partition coefficient (Wildman–Crippen LogP) is -0.00160. The number of rotatable bonds is 6. The second-order valence-electron chi connectivity index (χ2n) is 6.52. The Morgan fingerprint density at radius 2 is 1.41 bits per heavy atom. The van der Waals surface area contributed by atoms with E-state index in [2.05, 4.69) is 42.1 Å². The standard InChI is InChI=1S/C16H25N9O2/c1-2-3-4-25-21-14(20-22-25)13-17-15(23-5-9-26-10-6-23)19-16(18-13)24-7-11-27-12-8-24/h2-12H2,1H3. The summed E-state index contributed by atoms with van der Waals surface area (Å²) in [7, 11) is 0. The highest BCUT2D eigenvalue weighted by Gasteiger charge is 2.22. The zero-order valence-corrected chi connectivity index (χ0v) is 15.6. The highest BCUT2D eigenvalue weighted by molar-refractivity contribution is 5.50. The van der Waals surface area contributed by atoms with E-state index < -0.39 is 0 Å². The van der Waals surface area contributed by atoms with Crippen LogP contribution in [0.3, 0.4) is 0 Å². The number of hydrogen-bond acceptors (Lipinski definition) is 10. The Balaban J connectivity index is 1.65. The molecule has 27 heavy (non-hydrogen) atoms. The molecule has 0 N–H and O–H groups in total. The first-order chi connectivity index (χ1) is 13.3. The van der Waals surface area contributed by atoms with Crippen LogP contribution in [0.15, 0.2) is 0 Å². The molecule has 0 unspecified atom stereocenters. The van der Waals surface area contributed by atoms with Gasteiger partial charge in [0.15, 0.2) is 0 Å². The average Bonchev–Trinajstić information content (AvgIpc) is 3.22. The molecule has 2 saturated heterocycles. The van der Waals surface area contributed by atoms with Crippen LogP contribution in [-0.2, 0) is 16.0 Å². The molecule has 0 aromatic carbocycles. The first-order valence-corrected chi connectivity index (χ1v) is 9.53. The van der Waals surface area contributed by atoms with Crippen molar-refractivity contribution in [3.05, 3.63) is 0 Å². The van der Waals surface area contributed by atoms with Crippen LogP contribution in [0.2, 0.25) is 0 Å². The second kappa shape index (κ2) is 8.53. The zero-order valence-electron chi connectivity index (χ0n) is 15.6. The Labute approximate surface area is 157 Å². The lowest BCUT2D eigenvalue weighted by molar-refractivity contribution is 0.121. The number of ether oxygens (including phenoxy) is 2. The minimum Gasteiger partial charge on any atom is -0.378 e. The molecular weight excluding hydrogens is 350 g/mol. The van der Waals surface area contributed by atoms with Crippen molar-refractivity contribution in [3.8, 4) is 11.6 Å². The number of hydrogen-bond donors (Lipinski definition) is 0. The highest BCUT2D eigenvalue weighted by atomic mass is 16.5. The lowest BCUT2D eigenvalue weighted by atomic mass is 10.3. The zero-order chi connectivity index (χ0) is 18.5. The van der Waals surface area contributed by atoms with Gasteiger partial charge in [0.1, 0.15) is 0 Å². The van der Waals surface area contributed by atoms with Crippen LogP contribution in [-0.4, -0.2) is 87.8 Å². The molecule has 0 amide bonds. The van der Waals surface area contributed by atoms with E-state index in [4.69, 9.17) is 14.5 Å². The van der Waals surface area contributed by atoms with Crippen LogP contribution in [0.25, 0.3) is 11.6 Å². The minimum atomic E-state index is 0.428. The summed E-state index contributed by atoms with van der Waals surface area (Å²) in [5.74, 6) is 2.15. The maximum atomic E-state index is 5.45. The van der Waals surface area contributed by atoms with Gasteiger partial charge in [-0.15, -0.1) is 10.2 Å². The summed E-state index contributed by atoms with van der Waals surface area (Å²) in [4.78, 5) is 19.8. The summed E-state index contributed by atoms with van der Waals surface area (Å²) in [6.45, 7) is 8.54. The Morgan fingerprint density at radius 3 is 1.96 bits per heavy atom. The van der Waals surface area contributed by atoms with E-state index in [0.717, 1.165) is 45.6 Å². The third-order valence-electron chi connectivity index (χ3n) is 4.56. The van der Waals surface area contributed by atoms with Crippen molar-refractivity contribution < 1.29 is 9.47 Å². The molecule has 2 aromatic heterocycles. The lowest BCUT2D eigenvalue weighted by Gasteiger charge is -2.30. The number of anilines is 2. The Morgan fingerprint density at radius 1 is 0.815 bits per heavy atom. The van der Waals surface area contributed by atoms with E-state index in [9.17, 15) is 0 Å². The Hall–Kier alpha value is -2.40. The average molecular weight is 375 g/mol. The Bertz CT molecular complexity index is 705. The molecule has 0 radical (unpaired) electrons. The summed E-state index contributed by atoms with van der Waals surface area (Å²) >= 11 is 0. The van der Waals surface area contributed by atoms with Crippen LogP contribution in [0, 0.1) is 0 Å². The van der Waals surface area contributed by atoms with Gasteiger partial charge in [-0.3, -0.25) is 0 Å². The topological polar surface area (TPSA) is 107 Å². The second-order valence-corrected chi connectivity index (χ2v) is 6.52. The molecule has 2 aliphatic heterocycles. The highest BCUT2D eigenvalue weighted by Crippen LogP contribution is 2.20. The van der Waals surface area contributed by atoms with Crippen LogP contribution in [0.1, 0.15) is 19.8 Å². The Kier molecular flexibility index (Phi) is 5.68. The number of unbranched alkanes of at least 4 members (excludes halogenated alkanes) is 1. The maximum absolute atomic E-state index is 5.45. The monoisotopic (exact) mass is 375 g/mol. The summed E-state index contributed by atoms with van der Waals surface area (Å²) < 4.78 is 10.9. The molecule has 4 rings (SSSR count). The molecule has 4 heterocycles. The maximum Gasteiger partial charge on any atom is 0.242 e. The fourth-order valence-corrected chi connectivity index (χ4v) is 2.99. The van der Waals surface area contributed by atoms with E-state index in [1.54, 1.807) is 4.80 Å². The van der Waals surface area contributed by atoms with Gasteiger partial charge in [-0.05, 0) is 11.6 Å². The summed E-state index contributed by atoms with van der Waals surface area (Å²) in [6, 6.07) is 0. The van der Waals surface area contributed by atoms with Crippen LogP contribution in [0.5, 0.6) is 0 Å². The van der Waals surface area contributed by atoms with E-state index in [1.165, 1.54) is 0 Å². The smallest absolute Gasteiger partial charge is 0.242 e. The van der Waals surface area contributed by atoms with Gasteiger partial charge in [0.25, 0.3) is 0 Å². The van der Waals surface area contributed by atoms with Crippen molar-refractivity contribution >= 4 is 11.9 Å². The molecule has 2 aliphatic rings. The number of aryl methyl sites for hydroxylation is 1. The number of nitrogens with zero attached hydrogens (tertiary/aromatic N) is 9. The first kappa shape index (κ1) is 18.0. The van der Waals surface area contributed by atoms with E-state index in [-0.39, 0.29) is 0 Å². The van der Waals surface area contributed by atoms with Gasteiger partial charge in [-0.1, -0.05) is 13.3 Å². The van der Waals surface area contributed by atoms with Gasteiger partial charge in [0.2, 0.25) is 23.5 Å². The van der Waals surface area contributed by atoms with Gasteiger partial charge in [-0.25, -0.2) is 0 Å². The van der Waals surface area contributed by atoms with Gasteiger partial charge < -0.3 is 19.3 Å². The van der Waals surface area contributed by atoms with E-state index in [0.29, 0.717) is 50.0 Å². The molecule has 11 heteroatoms. The molecule has 0 spiro atoms. The van der Waals surface area contributed by atoms with Crippen molar-refractivity contribution in [2.24, 2.45) is 0 Å². The summed E-state index contributed by atoms with van der Waals surface area (Å²) in [6.07, 6.45) is 2.08. The molecule has 0 aliphatic carbocycles. The molecule has 0 bridgehead atoms. The summed E-state index contributed by atoms with van der Waals surface area (Å²) in [5.41, 5.74) is 0. The molecule has 2 aromatic rings. The molecule has 0 saturated carbocycles. The van der Waals surface area contributed by atoms with Crippen LogP contribution < -0.4 is 9.80 Å². The van der Waals surface area contributed by atoms with Gasteiger partial charge in [0, 0.05) is 26.2 Å². The van der Waals surface area contributed by atoms with Crippen molar-refractivity contribution in [2.75, 3.05) is 62.4 Å². The van der Waals surface area contributed by atoms with Crippen molar-refractivity contribution in [1.82, 2.24) is 35.2 Å². The minimum absolute atomic E-state index is 0.428. The SMILES string of the molecule is CCCCn1nnc(-c2nc(N3CCOCC3)nc(N3CCOCC3)n2)n1.